The number of hydrogen-bond donors (Lipinski definition) is 1. The average Bonchev–Trinajstić information content (AvgIpc) is 3.25. The van der Waals surface area contributed by atoms with Crippen LogP contribution in [0, 0.1) is 5.41 Å². The summed E-state index contributed by atoms with van der Waals surface area (Å²) in [5.41, 5.74) is 5.51. The standard InChI is InChI=1S/C23H22BrN5O/c24-16-1-6-19-20(13-16)29-12-9-25-22(29)21(27-19)26-17-2-4-18(5-3-17)28-10-7-23(8-11-28)14-30-15-23/h1-6,9,12-13H,7-8,10-11,14-15H2,(H,26,27). The molecule has 0 amide bonds. The summed E-state index contributed by atoms with van der Waals surface area (Å²) >= 11 is 3.54. The molecule has 2 fully saturated rings. The number of imidazole rings is 1. The van der Waals surface area contributed by atoms with Gasteiger partial charge in [-0.15, -0.1) is 0 Å². The monoisotopic (exact) mass is 463 g/mol. The van der Waals surface area contributed by atoms with Crippen molar-refractivity contribution in [1.29, 1.82) is 0 Å². The SMILES string of the molecule is Brc1ccc2nc(Nc3ccc(N4CCC5(CC4)COC5)cc3)c3nccn3c2c1. The summed E-state index contributed by atoms with van der Waals surface area (Å²) in [6.45, 7) is 4.10. The lowest BCUT2D eigenvalue weighted by Gasteiger charge is -2.47. The summed E-state index contributed by atoms with van der Waals surface area (Å²) in [7, 11) is 0. The van der Waals surface area contributed by atoms with Gasteiger partial charge in [0.25, 0.3) is 0 Å². The van der Waals surface area contributed by atoms with Gasteiger partial charge in [0.1, 0.15) is 0 Å². The highest BCUT2D eigenvalue weighted by atomic mass is 79.9. The third kappa shape index (κ3) is 3.04. The highest BCUT2D eigenvalue weighted by Crippen LogP contribution is 2.39. The minimum absolute atomic E-state index is 0.463. The molecule has 0 radical (unpaired) electrons. The second-order valence-corrected chi connectivity index (χ2v) is 9.28. The van der Waals surface area contributed by atoms with Crippen molar-refractivity contribution in [2.24, 2.45) is 5.41 Å². The van der Waals surface area contributed by atoms with Crippen LogP contribution in [0.2, 0.25) is 0 Å². The van der Waals surface area contributed by atoms with E-state index < -0.39 is 0 Å². The Balaban J connectivity index is 1.25. The van der Waals surface area contributed by atoms with E-state index in [1.54, 1.807) is 0 Å². The predicted octanol–water partition coefficient (Wildman–Crippen LogP) is 5.01. The Kier molecular flexibility index (Phi) is 4.21. The van der Waals surface area contributed by atoms with Gasteiger partial charge >= 0.3 is 0 Å². The first-order valence-electron chi connectivity index (χ1n) is 10.3. The first kappa shape index (κ1) is 18.2. The van der Waals surface area contributed by atoms with E-state index in [0.717, 1.165) is 59.0 Å². The van der Waals surface area contributed by atoms with E-state index >= 15 is 0 Å². The molecule has 2 aliphatic rings. The molecule has 0 aliphatic carbocycles. The zero-order valence-corrected chi connectivity index (χ0v) is 18.1. The number of rotatable bonds is 3. The molecule has 6 rings (SSSR count). The second-order valence-electron chi connectivity index (χ2n) is 8.37. The molecule has 30 heavy (non-hydrogen) atoms. The maximum Gasteiger partial charge on any atom is 0.180 e. The number of hydrogen-bond acceptors (Lipinski definition) is 5. The lowest BCUT2D eigenvalue weighted by molar-refractivity contribution is -0.124. The van der Waals surface area contributed by atoms with Gasteiger partial charge in [0.15, 0.2) is 11.5 Å². The number of fused-ring (bicyclic) bond motifs is 3. The van der Waals surface area contributed by atoms with E-state index in [9.17, 15) is 0 Å². The van der Waals surface area contributed by atoms with Crippen molar-refractivity contribution in [3.63, 3.8) is 0 Å². The minimum Gasteiger partial charge on any atom is -0.380 e. The van der Waals surface area contributed by atoms with Gasteiger partial charge in [0.2, 0.25) is 0 Å². The highest BCUT2D eigenvalue weighted by Gasteiger charge is 2.41. The molecular formula is C23H22BrN5O. The number of halogens is 1. The largest absolute Gasteiger partial charge is 0.380 e. The zero-order valence-electron chi connectivity index (χ0n) is 16.5. The number of piperidine rings is 1. The van der Waals surface area contributed by atoms with E-state index in [0.29, 0.717) is 5.41 Å². The Labute approximate surface area is 183 Å². The first-order chi connectivity index (χ1) is 14.7. The molecule has 7 heteroatoms. The lowest BCUT2D eigenvalue weighted by Crippen LogP contribution is -2.50. The summed E-state index contributed by atoms with van der Waals surface area (Å²) in [5, 5.41) is 3.46. The van der Waals surface area contributed by atoms with E-state index in [-0.39, 0.29) is 0 Å². The number of anilines is 3. The van der Waals surface area contributed by atoms with E-state index in [1.807, 2.05) is 24.5 Å². The molecule has 2 saturated heterocycles. The van der Waals surface area contributed by atoms with Crippen LogP contribution >= 0.6 is 15.9 Å². The van der Waals surface area contributed by atoms with Crippen molar-refractivity contribution in [3.05, 3.63) is 59.3 Å². The molecule has 0 atom stereocenters. The quantitative estimate of drug-likeness (QED) is 0.462. The first-order valence-corrected chi connectivity index (χ1v) is 11.1. The molecule has 2 aliphatic heterocycles. The van der Waals surface area contributed by atoms with Gasteiger partial charge in [-0.25, -0.2) is 9.97 Å². The molecule has 0 bridgehead atoms. The maximum absolute atomic E-state index is 5.44. The summed E-state index contributed by atoms with van der Waals surface area (Å²) in [4.78, 5) is 11.8. The van der Waals surface area contributed by atoms with Gasteiger partial charge in [-0.2, -0.15) is 0 Å². The minimum atomic E-state index is 0.463. The Morgan fingerprint density at radius 1 is 1.03 bits per heavy atom. The number of nitrogens with one attached hydrogen (secondary N) is 1. The van der Waals surface area contributed by atoms with Crippen LogP contribution in [0.25, 0.3) is 16.7 Å². The number of ether oxygens (including phenoxy) is 1. The Hall–Kier alpha value is -2.64. The van der Waals surface area contributed by atoms with Crippen molar-refractivity contribution in [2.45, 2.75) is 12.8 Å². The van der Waals surface area contributed by atoms with Crippen LogP contribution in [0.1, 0.15) is 12.8 Å². The summed E-state index contributed by atoms with van der Waals surface area (Å²) < 4.78 is 8.54. The van der Waals surface area contributed by atoms with Crippen LogP contribution in [-0.4, -0.2) is 40.7 Å². The van der Waals surface area contributed by atoms with Crippen molar-refractivity contribution >= 4 is 49.8 Å². The number of aromatic nitrogens is 3. The fourth-order valence-electron chi connectivity index (χ4n) is 4.52. The molecule has 4 heterocycles. The summed E-state index contributed by atoms with van der Waals surface area (Å²) in [6, 6.07) is 14.7. The van der Waals surface area contributed by atoms with Gasteiger partial charge in [-0.3, -0.25) is 4.40 Å². The van der Waals surface area contributed by atoms with Gasteiger partial charge in [0.05, 0.1) is 24.2 Å². The van der Waals surface area contributed by atoms with Gasteiger partial charge in [0, 0.05) is 46.7 Å². The maximum atomic E-state index is 5.44. The topological polar surface area (TPSA) is 54.7 Å². The second kappa shape index (κ2) is 6.96. The van der Waals surface area contributed by atoms with Crippen LogP contribution in [0.3, 0.4) is 0 Å². The van der Waals surface area contributed by atoms with Crippen LogP contribution in [-0.2, 0) is 4.74 Å². The summed E-state index contributed by atoms with van der Waals surface area (Å²) in [5.74, 6) is 0.757. The van der Waals surface area contributed by atoms with Gasteiger partial charge < -0.3 is 15.0 Å². The van der Waals surface area contributed by atoms with Crippen LogP contribution < -0.4 is 10.2 Å². The smallest absolute Gasteiger partial charge is 0.180 e. The average molecular weight is 464 g/mol. The zero-order chi connectivity index (χ0) is 20.1. The number of benzene rings is 2. The molecule has 0 saturated carbocycles. The molecular weight excluding hydrogens is 442 g/mol. The van der Waals surface area contributed by atoms with Crippen molar-refractivity contribution in [2.75, 3.05) is 36.5 Å². The van der Waals surface area contributed by atoms with E-state index in [4.69, 9.17) is 9.72 Å². The third-order valence-corrected chi connectivity index (χ3v) is 6.91. The molecule has 2 aromatic carbocycles. The molecule has 1 spiro atoms. The third-order valence-electron chi connectivity index (χ3n) is 6.42. The molecule has 6 nitrogen and oxygen atoms in total. The van der Waals surface area contributed by atoms with Crippen molar-refractivity contribution in [3.8, 4) is 0 Å². The fourth-order valence-corrected chi connectivity index (χ4v) is 4.87. The molecule has 2 aromatic heterocycles. The Bertz CT molecular complexity index is 1220. The molecule has 0 unspecified atom stereocenters. The van der Waals surface area contributed by atoms with Crippen molar-refractivity contribution < 1.29 is 4.74 Å². The number of nitrogens with zero attached hydrogens (tertiary/aromatic N) is 4. The normalized spacial score (nSPS) is 18.1. The van der Waals surface area contributed by atoms with E-state index in [1.165, 1.54) is 18.5 Å². The Morgan fingerprint density at radius 2 is 1.83 bits per heavy atom. The fraction of sp³-hybridized carbons (Fsp3) is 0.304. The highest BCUT2D eigenvalue weighted by molar-refractivity contribution is 9.10. The lowest BCUT2D eigenvalue weighted by atomic mass is 9.77. The van der Waals surface area contributed by atoms with Crippen LogP contribution in [0.15, 0.2) is 59.3 Å². The predicted molar refractivity (Wildman–Crippen MR) is 123 cm³/mol. The molecule has 1 N–H and O–H groups in total. The molecule has 152 valence electrons. The summed E-state index contributed by atoms with van der Waals surface area (Å²) in [6.07, 6.45) is 6.22. The van der Waals surface area contributed by atoms with Crippen LogP contribution in [0.4, 0.5) is 17.2 Å². The van der Waals surface area contributed by atoms with Gasteiger partial charge in [-0.05, 0) is 55.3 Å². The van der Waals surface area contributed by atoms with Gasteiger partial charge in [-0.1, -0.05) is 15.9 Å². The van der Waals surface area contributed by atoms with E-state index in [2.05, 4.69) is 65.9 Å². The Morgan fingerprint density at radius 3 is 2.57 bits per heavy atom. The van der Waals surface area contributed by atoms with Crippen LogP contribution in [0.5, 0.6) is 0 Å². The van der Waals surface area contributed by atoms with Crippen molar-refractivity contribution in [1.82, 2.24) is 14.4 Å². The molecule has 4 aromatic rings.